The predicted molar refractivity (Wildman–Crippen MR) is 150 cm³/mol. The van der Waals surface area contributed by atoms with Gasteiger partial charge in [0, 0.05) is 26.7 Å². The summed E-state index contributed by atoms with van der Waals surface area (Å²) >= 11 is 0. The number of benzene rings is 1. The number of alkyl carbamates (subject to hydrolysis) is 1. The van der Waals surface area contributed by atoms with Crippen LogP contribution < -0.4 is 10.6 Å². The largest absolute Gasteiger partial charge is 0.445 e. The van der Waals surface area contributed by atoms with E-state index in [2.05, 4.69) is 17.2 Å². The second kappa shape index (κ2) is 14.2. The number of carbonyl (C=O) groups excluding carboxylic acids is 4. The van der Waals surface area contributed by atoms with Crippen LogP contribution in [-0.4, -0.2) is 95.8 Å². The van der Waals surface area contributed by atoms with Crippen LogP contribution in [-0.2, 0) is 20.9 Å². The number of ether oxygens (including phenoxy) is 1. The molecule has 1 aliphatic carbocycles. The fraction of sp³-hybridized carbons (Fsp3) is 0.586. The summed E-state index contributed by atoms with van der Waals surface area (Å²) in [5, 5.41) is 8.90. The predicted octanol–water partition coefficient (Wildman–Crippen LogP) is 2.70. The van der Waals surface area contributed by atoms with Crippen LogP contribution >= 0.6 is 0 Å². The van der Waals surface area contributed by atoms with Crippen molar-refractivity contribution < 1.29 is 23.9 Å². The number of urea groups is 1. The summed E-state index contributed by atoms with van der Waals surface area (Å²) in [6.45, 7) is 5.19. The molecule has 1 aromatic carbocycles. The van der Waals surface area contributed by atoms with Crippen LogP contribution in [0.5, 0.6) is 0 Å². The van der Waals surface area contributed by atoms with E-state index in [0.29, 0.717) is 38.4 Å². The van der Waals surface area contributed by atoms with E-state index in [0.717, 1.165) is 31.2 Å². The molecule has 2 heterocycles. The maximum atomic E-state index is 13.8. The number of hydrogen-bond acceptors (Lipinski definition) is 6. The van der Waals surface area contributed by atoms with Crippen LogP contribution in [0.4, 0.5) is 9.59 Å². The smallest absolute Gasteiger partial charge is 0.407 e. The van der Waals surface area contributed by atoms with Gasteiger partial charge in [0.15, 0.2) is 0 Å². The van der Waals surface area contributed by atoms with Gasteiger partial charge in [-0.05, 0) is 37.2 Å². The SMILES string of the molecule is C=CCOC(=O)NCCC[C@H]1C(=O)N(CC2CCCCC2)C[C@H]2N1C(=O)CN(C)N2C(=O)NCc1ccccc1. The average Bonchev–Trinajstić information content (AvgIpc) is 2.95. The highest BCUT2D eigenvalue weighted by Gasteiger charge is 2.50. The van der Waals surface area contributed by atoms with Crippen LogP contribution in [0.2, 0.25) is 0 Å². The molecule has 1 aromatic rings. The van der Waals surface area contributed by atoms with Crippen LogP contribution in [0.25, 0.3) is 0 Å². The minimum absolute atomic E-state index is 0.00616. The Morgan fingerprint density at radius 2 is 1.85 bits per heavy atom. The van der Waals surface area contributed by atoms with E-state index in [1.807, 2.05) is 35.2 Å². The zero-order chi connectivity index (χ0) is 28.5. The maximum Gasteiger partial charge on any atom is 0.407 e. The van der Waals surface area contributed by atoms with E-state index in [1.54, 1.807) is 22.0 Å². The summed E-state index contributed by atoms with van der Waals surface area (Å²) in [6, 6.07) is 8.63. The van der Waals surface area contributed by atoms with Crippen molar-refractivity contribution >= 4 is 23.9 Å². The number of fused-ring (bicyclic) bond motifs is 1. The van der Waals surface area contributed by atoms with Crippen molar-refractivity contribution in [3.8, 4) is 0 Å². The summed E-state index contributed by atoms with van der Waals surface area (Å²) < 4.78 is 4.95. The Kier molecular flexibility index (Phi) is 10.4. The molecule has 2 saturated heterocycles. The summed E-state index contributed by atoms with van der Waals surface area (Å²) in [6.07, 6.45) is 6.88. The van der Waals surface area contributed by atoms with Crippen molar-refractivity contribution in [3.63, 3.8) is 0 Å². The third-order valence-corrected chi connectivity index (χ3v) is 7.89. The van der Waals surface area contributed by atoms with Gasteiger partial charge in [-0.3, -0.25) is 9.59 Å². The lowest BCUT2D eigenvalue weighted by Gasteiger charge is -2.55. The third kappa shape index (κ3) is 7.32. The molecule has 11 heteroatoms. The monoisotopic (exact) mass is 554 g/mol. The molecular formula is C29H42N6O5. The fourth-order valence-corrected chi connectivity index (χ4v) is 5.95. The molecule has 2 atom stereocenters. The zero-order valence-electron chi connectivity index (χ0n) is 23.4. The van der Waals surface area contributed by atoms with Crippen molar-refractivity contribution in [2.24, 2.45) is 5.92 Å². The first-order chi connectivity index (χ1) is 19.4. The Labute approximate surface area is 236 Å². The molecule has 4 rings (SSSR count). The maximum absolute atomic E-state index is 13.8. The van der Waals surface area contributed by atoms with Crippen molar-refractivity contribution in [2.75, 3.05) is 39.8 Å². The second-order valence-electron chi connectivity index (χ2n) is 10.8. The molecule has 2 aliphatic heterocycles. The van der Waals surface area contributed by atoms with E-state index >= 15 is 0 Å². The molecular weight excluding hydrogens is 512 g/mol. The fourth-order valence-electron chi connectivity index (χ4n) is 5.95. The molecule has 5 amide bonds. The van der Waals surface area contributed by atoms with Gasteiger partial charge in [-0.25, -0.2) is 19.6 Å². The van der Waals surface area contributed by atoms with E-state index in [4.69, 9.17) is 4.74 Å². The summed E-state index contributed by atoms with van der Waals surface area (Å²) in [5.74, 6) is 0.149. The first kappa shape index (κ1) is 29.4. The molecule has 3 aliphatic rings. The number of likely N-dealkylation sites (N-methyl/N-ethyl adjacent to an activating group) is 1. The molecule has 2 N–H and O–H groups in total. The number of nitrogens with zero attached hydrogens (tertiary/aromatic N) is 4. The molecule has 218 valence electrons. The Bertz CT molecular complexity index is 1050. The highest BCUT2D eigenvalue weighted by molar-refractivity contribution is 5.91. The third-order valence-electron chi connectivity index (χ3n) is 7.89. The van der Waals surface area contributed by atoms with Gasteiger partial charge in [-0.2, -0.15) is 0 Å². The Balaban J connectivity index is 1.50. The molecule has 3 fully saturated rings. The van der Waals surface area contributed by atoms with Gasteiger partial charge in [0.1, 0.15) is 18.8 Å². The highest BCUT2D eigenvalue weighted by atomic mass is 16.5. The number of piperazine rings is 1. The number of amides is 5. The van der Waals surface area contributed by atoms with Crippen LogP contribution in [0.3, 0.4) is 0 Å². The number of carbonyl (C=O) groups is 4. The van der Waals surface area contributed by atoms with Crippen LogP contribution in [0.15, 0.2) is 43.0 Å². The minimum Gasteiger partial charge on any atom is -0.445 e. The lowest BCUT2D eigenvalue weighted by atomic mass is 9.88. The van der Waals surface area contributed by atoms with Gasteiger partial charge in [0.25, 0.3) is 0 Å². The molecule has 0 radical (unpaired) electrons. The Morgan fingerprint density at radius 3 is 2.58 bits per heavy atom. The molecule has 0 bridgehead atoms. The van der Waals surface area contributed by atoms with Crippen LogP contribution in [0.1, 0.15) is 50.5 Å². The van der Waals surface area contributed by atoms with Gasteiger partial charge in [-0.15, -0.1) is 0 Å². The van der Waals surface area contributed by atoms with Crippen molar-refractivity contribution in [1.29, 1.82) is 0 Å². The molecule has 0 unspecified atom stereocenters. The minimum atomic E-state index is -0.709. The van der Waals surface area contributed by atoms with E-state index < -0.39 is 18.3 Å². The molecule has 0 aromatic heterocycles. The van der Waals surface area contributed by atoms with Crippen molar-refractivity contribution in [1.82, 2.24) is 30.5 Å². The van der Waals surface area contributed by atoms with E-state index in [9.17, 15) is 19.2 Å². The topological polar surface area (TPSA) is 115 Å². The Hall–Kier alpha value is -3.60. The van der Waals surface area contributed by atoms with Gasteiger partial charge >= 0.3 is 12.1 Å². The number of rotatable bonds is 10. The quantitative estimate of drug-likeness (QED) is 0.340. The van der Waals surface area contributed by atoms with Gasteiger partial charge < -0.3 is 25.2 Å². The lowest BCUT2D eigenvalue weighted by molar-refractivity contribution is -0.188. The first-order valence-corrected chi connectivity index (χ1v) is 14.3. The van der Waals surface area contributed by atoms with Gasteiger partial charge in [-0.1, -0.05) is 62.2 Å². The second-order valence-corrected chi connectivity index (χ2v) is 10.8. The van der Waals surface area contributed by atoms with E-state index in [1.165, 1.54) is 12.5 Å². The summed E-state index contributed by atoms with van der Waals surface area (Å²) in [7, 11) is 1.73. The lowest BCUT2D eigenvalue weighted by Crippen LogP contribution is -2.76. The van der Waals surface area contributed by atoms with Crippen molar-refractivity contribution in [2.45, 2.75) is 63.7 Å². The van der Waals surface area contributed by atoms with Gasteiger partial charge in [0.2, 0.25) is 11.8 Å². The normalized spacial score (nSPS) is 22.1. The highest BCUT2D eigenvalue weighted by Crippen LogP contribution is 2.31. The number of nitrogens with one attached hydrogen (secondary N) is 2. The zero-order valence-corrected chi connectivity index (χ0v) is 23.4. The average molecular weight is 555 g/mol. The number of hydrogen-bond donors (Lipinski definition) is 2. The van der Waals surface area contributed by atoms with E-state index in [-0.39, 0.29) is 37.5 Å². The molecule has 1 saturated carbocycles. The molecule has 11 nitrogen and oxygen atoms in total. The van der Waals surface area contributed by atoms with Gasteiger partial charge in [0.05, 0.1) is 13.1 Å². The molecule has 40 heavy (non-hydrogen) atoms. The summed E-state index contributed by atoms with van der Waals surface area (Å²) in [5.41, 5.74) is 0.971. The molecule has 0 spiro atoms. The van der Waals surface area contributed by atoms with Crippen LogP contribution in [0, 0.1) is 5.92 Å². The first-order valence-electron chi connectivity index (χ1n) is 14.3. The van der Waals surface area contributed by atoms with Crippen molar-refractivity contribution in [3.05, 3.63) is 48.6 Å². The standard InChI is InChI=1S/C29H42N6O5/c1-3-17-40-29(39)30-16-10-15-24-27(37)33(19-23-13-8-5-9-14-23)20-25-34(24)26(36)21-32(2)35(25)28(38)31-18-22-11-6-4-7-12-22/h3-4,6-7,11-12,23-25H,1,5,8-10,13-21H2,2H3,(H,30,39)(H,31,38)/t24-,25-/m0/s1. The number of hydrazine groups is 1. The summed E-state index contributed by atoms with van der Waals surface area (Å²) in [4.78, 5) is 55.9. The Morgan fingerprint density at radius 1 is 1.10 bits per heavy atom.